The van der Waals surface area contributed by atoms with Gasteiger partial charge < -0.3 is 5.48 Å². The van der Waals surface area contributed by atoms with Crippen LogP contribution in [0.5, 0.6) is 0 Å². The monoisotopic (exact) mass is 224 g/mol. The van der Waals surface area contributed by atoms with Crippen LogP contribution in [-0.4, -0.2) is 15.4 Å². The Morgan fingerprint density at radius 1 is 0.706 bits per heavy atom. The standard InChI is InChI=1S/C14H10N2.H2O/c1-2-6-11(7-3-1)14-10-15-12-8-4-5-9-13(12)16-14;/h1-10H;1H2. The van der Waals surface area contributed by atoms with Crippen molar-refractivity contribution in [1.29, 1.82) is 0 Å². The molecule has 0 radical (unpaired) electrons. The van der Waals surface area contributed by atoms with Crippen LogP contribution < -0.4 is 0 Å². The molecule has 2 aromatic carbocycles. The topological polar surface area (TPSA) is 57.3 Å². The summed E-state index contributed by atoms with van der Waals surface area (Å²) in [5.74, 6) is 0. The highest BCUT2D eigenvalue weighted by Gasteiger charge is 2.00. The number of hydrogen-bond donors (Lipinski definition) is 0. The molecular formula is C14H12N2O. The third-order valence-electron chi connectivity index (χ3n) is 2.52. The first kappa shape index (κ1) is 11.2. The summed E-state index contributed by atoms with van der Waals surface area (Å²) in [6.07, 6.45) is 1.82. The molecule has 0 aliphatic heterocycles. The largest absolute Gasteiger partial charge is 0.412 e. The number of hydrogen-bond acceptors (Lipinski definition) is 2. The molecule has 17 heavy (non-hydrogen) atoms. The minimum absolute atomic E-state index is 0. The van der Waals surface area contributed by atoms with Crippen molar-refractivity contribution in [3.05, 3.63) is 60.8 Å². The Hall–Kier alpha value is -2.26. The van der Waals surface area contributed by atoms with Crippen molar-refractivity contribution in [2.45, 2.75) is 0 Å². The van der Waals surface area contributed by atoms with Gasteiger partial charge in [-0.15, -0.1) is 0 Å². The number of nitrogens with zero attached hydrogens (tertiary/aromatic N) is 2. The maximum absolute atomic E-state index is 4.58. The Morgan fingerprint density at radius 2 is 1.35 bits per heavy atom. The lowest BCUT2D eigenvalue weighted by Crippen LogP contribution is -1.87. The smallest absolute Gasteiger partial charge is 0.0894 e. The summed E-state index contributed by atoms with van der Waals surface area (Å²) >= 11 is 0. The van der Waals surface area contributed by atoms with Gasteiger partial charge in [0.1, 0.15) is 0 Å². The summed E-state index contributed by atoms with van der Waals surface area (Å²) in [4.78, 5) is 8.98. The van der Waals surface area contributed by atoms with Crippen molar-refractivity contribution in [2.24, 2.45) is 0 Å². The number of para-hydroxylation sites is 2. The molecule has 0 aliphatic rings. The Kier molecular flexibility index (Phi) is 3.12. The summed E-state index contributed by atoms with van der Waals surface area (Å²) in [6, 6.07) is 18.0. The molecule has 0 bridgehead atoms. The van der Waals surface area contributed by atoms with Crippen molar-refractivity contribution in [2.75, 3.05) is 0 Å². The SMILES string of the molecule is O.c1ccc(-c2cnc3ccccc3n2)cc1. The maximum atomic E-state index is 4.58. The zero-order valence-electron chi connectivity index (χ0n) is 9.17. The Morgan fingerprint density at radius 3 is 2.12 bits per heavy atom. The van der Waals surface area contributed by atoms with Gasteiger partial charge in [0, 0.05) is 5.56 Å². The van der Waals surface area contributed by atoms with E-state index in [1.165, 1.54) is 0 Å². The van der Waals surface area contributed by atoms with Crippen molar-refractivity contribution >= 4 is 11.0 Å². The van der Waals surface area contributed by atoms with Crippen LogP contribution in [0.25, 0.3) is 22.3 Å². The van der Waals surface area contributed by atoms with Crippen LogP contribution in [0, 0.1) is 0 Å². The molecule has 2 N–H and O–H groups in total. The lowest BCUT2D eigenvalue weighted by atomic mass is 10.1. The van der Waals surface area contributed by atoms with Gasteiger partial charge in [-0.3, -0.25) is 4.98 Å². The Balaban J connectivity index is 0.00000108. The predicted octanol–water partition coefficient (Wildman–Crippen LogP) is 2.47. The Labute approximate surface area is 99.1 Å². The maximum Gasteiger partial charge on any atom is 0.0894 e. The van der Waals surface area contributed by atoms with Crippen LogP contribution in [0.2, 0.25) is 0 Å². The molecule has 0 amide bonds. The van der Waals surface area contributed by atoms with Crippen molar-refractivity contribution in [3.63, 3.8) is 0 Å². The predicted molar refractivity (Wildman–Crippen MR) is 68.6 cm³/mol. The fourth-order valence-electron chi connectivity index (χ4n) is 1.71. The fraction of sp³-hybridized carbons (Fsp3) is 0. The molecule has 1 heterocycles. The van der Waals surface area contributed by atoms with Gasteiger partial charge in [-0.25, -0.2) is 4.98 Å². The lowest BCUT2D eigenvalue weighted by Gasteiger charge is -2.01. The molecule has 0 saturated heterocycles. The van der Waals surface area contributed by atoms with E-state index in [2.05, 4.69) is 9.97 Å². The molecule has 0 aliphatic carbocycles. The second kappa shape index (κ2) is 4.72. The summed E-state index contributed by atoms with van der Waals surface area (Å²) in [5.41, 5.74) is 3.88. The summed E-state index contributed by atoms with van der Waals surface area (Å²) in [6.45, 7) is 0. The first-order valence-corrected chi connectivity index (χ1v) is 5.21. The molecule has 3 rings (SSSR count). The van der Waals surface area contributed by atoms with Gasteiger partial charge in [-0.05, 0) is 12.1 Å². The zero-order chi connectivity index (χ0) is 10.8. The van der Waals surface area contributed by atoms with Gasteiger partial charge >= 0.3 is 0 Å². The number of rotatable bonds is 1. The second-order valence-corrected chi connectivity index (χ2v) is 3.61. The normalized spacial score (nSPS) is 9.88. The third kappa shape index (κ3) is 2.14. The van der Waals surface area contributed by atoms with Gasteiger partial charge in [-0.2, -0.15) is 0 Å². The molecule has 1 aromatic heterocycles. The average Bonchev–Trinajstić information content (AvgIpc) is 2.39. The minimum atomic E-state index is 0. The van der Waals surface area contributed by atoms with Gasteiger partial charge in [-0.1, -0.05) is 42.5 Å². The van der Waals surface area contributed by atoms with E-state index in [9.17, 15) is 0 Å². The van der Waals surface area contributed by atoms with E-state index in [0.717, 1.165) is 22.3 Å². The van der Waals surface area contributed by atoms with E-state index in [-0.39, 0.29) is 5.48 Å². The number of benzene rings is 2. The van der Waals surface area contributed by atoms with Crippen LogP contribution >= 0.6 is 0 Å². The van der Waals surface area contributed by atoms with Gasteiger partial charge in [0.05, 0.1) is 22.9 Å². The third-order valence-corrected chi connectivity index (χ3v) is 2.52. The van der Waals surface area contributed by atoms with E-state index in [4.69, 9.17) is 0 Å². The zero-order valence-corrected chi connectivity index (χ0v) is 9.17. The second-order valence-electron chi connectivity index (χ2n) is 3.61. The molecule has 0 atom stereocenters. The van der Waals surface area contributed by atoms with Crippen LogP contribution in [0.15, 0.2) is 60.8 Å². The molecule has 84 valence electrons. The molecule has 3 aromatic rings. The first-order valence-electron chi connectivity index (χ1n) is 5.21. The van der Waals surface area contributed by atoms with Gasteiger partial charge in [0.25, 0.3) is 0 Å². The molecular weight excluding hydrogens is 212 g/mol. The van der Waals surface area contributed by atoms with E-state index in [1.54, 1.807) is 0 Å². The quantitative estimate of drug-likeness (QED) is 0.637. The lowest BCUT2D eigenvalue weighted by molar-refractivity contribution is 0.824. The van der Waals surface area contributed by atoms with E-state index in [1.807, 2.05) is 60.8 Å². The van der Waals surface area contributed by atoms with E-state index in [0.29, 0.717) is 0 Å². The summed E-state index contributed by atoms with van der Waals surface area (Å²) < 4.78 is 0. The Bertz CT molecular complexity index is 623. The van der Waals surface area contributed by atoms with Crippen LogP contribution in [0.3, 0.4) is 0 Å². The van der Waals surface area contributed by atoms with Gasteiger partial charge in [0.15, 0.2) is 0 Å². The fourth-order valence-corrected chi connectivity index (χ4v) is 1.71. The molecule has 0 unspecified atom stereocenters. The molecule has 3 nitrogen and oxygen atoms in total. The molecule has 0 fully saturated rings. The summed E-state index contributed by atoms with van der Waals surface area (Å²) in [7, 11) is 0. The number of fused-ring (bicyclic) bond motifs is 1. The number of aromatic nitrogens is 2. The first-order chi connectivity index (χ1) is 7.93. The minimum Gasteiger partial charge on any atom is -0.412 e. The highest BCUT2D eigenvalue weighted by molar-refractivity contribution is 5.76. The van der Waals surface area contributed by atoms with Gasteiger partial charge in [0.2, 0.25) is 0 Å². The van der Waals surface area contributed by atoms with E-state index >= 15 is 0 Å². The van der Waals surface area contributed by atoms with Crippen LogP contribution in [0.1, 0.15) is 0 Å². The van der Waals surface area contributed by atoms with Crippen molar-refractivity contribution < 1.29 is 5.48 Å². The van der Waals surface area contributed by atoms with E-state index < -0.39 is 0 Å². The molecule has 0 spiro atoms. The molecule has 3 heteroatoms. The molecule has 0 saturated carbocycles. The highest BCUT2D eigenvalue weighted by atomic mass is 16.0. The van der Waals surface area contributed by atoms with Crippen molar-refractivity contribution in [1.82, 2.24) is 9.97 Å². The van der Waals surface area contributed by atoms with Crippen LogP contribution in [0.4, 0.5) is 0 Å². The highest BCUT2D eigenvalue weighted by Crippen LogP contribution is 2.18. The summed E-state index contributed by atoms with van der Waals surface area (Å²) in [5, 5.41) is 0. The average molecular weight is 224 g/mol. The van der Waals surface area contributed by atoms with Crippen LogP contribution in [-0.2, 0) is 0 Å². The van der Waals surface area contributed by atoms with Crippen molar-refractivity contribution in [3.8, 4) is 11.3 Å².